The number of alkyl halides is 6. The van der Waals surface area contributed by atoms with E-state index in [1.807, 2.05) is 24.3 Å². The molecule has 8 N–H and O–H groups in total. The van der Waals surface area contributed by atoms with Gasteiger partial charge >= 0.3 is 24.3 Å². The van der Waals surface area contributed by atoms with Gasteiger partial charge in [0.1, 0.15) is 11.5 Å². The molecule has 0 radical (unpaired) electrons. The molecule has 0 amide bonds. The van der Waals surface area contributed by atoms with Crippen LogP contribution in [0.5, 0.6) is 11.5 Å². The molecule has 0 aliphatic carbocycles. The van der Waals surface area contributed by atoms with E-state index in [0.717, 1.165) is 50.0 Å². The third kappa shape index (κ3) is 21.2. The van der Waals surface area contributed by atoms with Crippen molar-refractivity contribution in [3.8, 4) is 11.5 Å². The molecule has 0 heterocycles. The largest absolute Gasteiger partial charge is 0.494 e. The van der Waals surface area contributed by atoms with Gasteiger partial charge in [-0.3, -0.25) is 10.8 Å². The van der Waals surface area contributed by atoms with Crippen LogP contribution in [0.3, 0.4) is 0 Å². The summed E-state index contributed by atoms with van der Waals surface area (Å²) in [7, 11) is 0. The van der Waals surface area contributed by atoms with Crippen molar-refractivity contribution in [2.45, 2.75) is 63.7 Å². The van der Waals surface area contributed by atoms with E-state index in [9.17, 15) is 26.3 Å². The highest BCUT2D eigenvalue weighted by Crippen LogP contribution is 2.17. The molecule has 246 valence electrons. The molecule has 0 fully saturated rings. The Kier molecular flexibility index (Phi) is 18.3. The molecule has 0 aromatic heterocycles. The van der Waals surface area contributed by atoms with Crippen molar-refractivity contribution >= 4 is 23.6 Å². The number of halogens is 6. The molecule has 44 heavy (non-hydrogen) atoms. The minimum absolute atomic E-state index is 0.247. The average molecular weight is 639 g/mol. The number of carboxylic acid groups (broad SMARTS) is 2. The second-order valence-corrected chi connectivity index (χ2v) is 9.06. The molecule has 0 atom stereocenters. The zero-order valence-electron chi connectivity index (χ0n) is 23.6. The average Bonchev–Trinajstić information content (AvgIpc) is 2.91. The first-order valence-electron chi connectivity index (χ1n) is 13.1. The highest BCUT2D eigenvalue weighted by Gasteiger charge is 2.38. The van der Waals surface area contributed by atoms with Crippen molar-refractivity contribution in [3.63, 3.8) is 0 Å². The summed E-state index contributed by atoms with van der Waals surface area (Å²) in [4.78, 5) is 17.8. The van der Waals surface area contributed by atoms with Gasteiger partial charge in [-0.25, -0.2) is 9.59 Å². The number of hydrogen-bond acceptors (Lipinski definition) is 6. The first-order chi connectivity index (χ1) is 20.4. The van der Waals surface area contributed by atoms with Crippen LogP contribution >= 0.6 is 0 Å². The number of carboxylic acids is 2. The topological polar surface area (TPSA) is 193 Å². The number of nitrogens with one attached hydrogen (secondary N) is 2. The van der Waals surface area contributed by atoms with Crippen LogP contribution in [0.2, 0.25) is 0 Å². The molecule has 2 rings (SSSR count). The van der Waals surface area contributed by atoms with Gasteiger partial charge in [0, 0.05) is 12.8 Å². The van der Waals surface area contributed by atoms with Crippen molar-refractivity contribution in [1.29, 1.82) is 10.8 Å². The van der Waals surface area contributed by atoms with Crippen LogP contribution in [0.25, 0.3) is 0 Å². The van der Waals surface area contributed by atoms with Crippen LogP contribution in [0.15, 0.2) is 48.5 Å². The Morgan fingerprint density at radius 3 is 1.11 bits per heavy atom. The number of hydrogen-bond donors (Lipinski definition) is 6. The molecule has 0 bridgehead atoms. The highest BCUT2D eigenvalue weighted by molar-refractivity contribution is 5.77. The number of nitrogens with two attached hydrogens (primary N) is 2. The molecule has 0 spiro atoms. The van der Waals surface area contributed by atoms with Gasteiger partial charge in [0.05, 0.1) is 24.9 Å². The maximum Gasteiger partial charge on any atom is 0.490 e. The summed E-state index contributed by atoms with van der Waals surface area (Å²) in [5, 5.41) is 28.7. The van der Waals surface area contributed by atoms with Gasteiger partial charge < -0.3 is 31.2 Å². The van der Waals surface area contributed by atoms with Gasteiger partial charge in [0.25, 0.3) is 0 Å². The number of rotatable bonds is 15. The summed E-state index contributed by atoms with van der Waals surface area (Å²) >= 11 is 0. The van der Waals surface area contributed by atoms with E-state index < -0.39 is 24.3 Å². The smallest absolute Gasteiger partial charge is 0.490 e. The molecule has 16 heteroatoms. The standard InChI is InChI=1S/C24H34N4O2.2C2HF3O2/c25-23(26)7-3-5-19-9-13-21(14-10-19)29-17-1-2-18-30-22-15-11-20(12-16-22)6-4-8-24(27)28;2*3-2(4,5)1(6)7/h9-16H,1-8,17-18H2,(H3,25,26)(H3,27,28);2*(H,6,7). The fraction of sp³-hybridized carbons (Fsp3) is 0.429. The number of amidine groups is 2. The Balaban J connectivity index is 0.00000109. The molecular weight excluding hydrogens is 602 g/mol. The van der Waals surface area contributed by atoms with Crippen LogP contribution in [0.1, 0.15) is 49.7 Å². The molecule has 0 aliphatic rings. The molecule has 0 unspecified atom stereocenters. The molecule has 2 aromatic rings. The van der Waals surface area contributed by atoms with Gasteiger partial charge in [-0.1, -0.05) is 24.3 Å². The summed E-state index contributed by atoms with van der Waals surface area (Å²) in [5.41, 5.74) is 13.2. The van der Waals surface area contributed by atoms with Gasteiger partial charge in [-0.2, -0.15) is 26.3 Å². The monoisotopic (exact) mass is 638 g/mol. The summed E-state index contributed by atoms with van der Waals surface area (Å²) in [6.07, 6.45) is -3.35. The van der Waals surface area contributed by atoms with E-state index in [4.69, 9.17) is 51.6 Å². The maximum absolute atomic E-state index is 10.6. The molecule has 0 saturated carbocycles. The molecule has 2 aromatic carbocycles. The zero-order valence-corrected chi connectivity index (χ0v) is 23.6. The Hall–Kier alpha value is -4.50. The summed E-state index contributed by atoms with van der Waals surface area (Å²) in [6.45, 7) is 1.34. The zero-order chi connectivity index (χ0) is 33.8. The van der Waals surface area contributed by atoms with Crippen LogP contribution in [-0.4, -0.2) is 59.4 Å². The lowest BCUT2D eigenvalue weighted by atomic mass is 10.1. The highest BCUT2D eigenvalue weighted by atomic mass is 19.4. The quantitative estimate of drug-likeness (QED) is 0.0618. The Bertz CT molecular complexity index is 1070. The van der Waals surface area contributed by atoms with Crippen molar-refractivity contribution in [1.82, 2.24) is 0 Å². The van der Waals surface area contributed by atoms with E-state index in [1.165, 1.54) is 11.1 Å². The van der Waals surface area contributed by atoms with Crippen LogP contribution < -0.4 is 20.9 Å². The van der Waals surface area contributed by atoms with E-state index in [2.05, 4.69) is 24.3 Å². The third-order valence-corrected chi connectivity index (χ3v) is 5.23. The van der Waals surface area contributed by atoms with Gasteiger partial charge in [-0.15, -0.1) is 0 Å². The summed E-state index contributed by atoms with van der Waals surface area (Å²) < 4.78 is 75.1. The van der Waals surface area contributed by atoms with Crippen molar-refractivity contribution < 1.29 is 55.6 Å². The predicted octanol–water partition coefficient (Wildman–Crippen LogP) is 5.71. The Labute approximate surface area is 250 Å². The first kappa shape index (κ1) is 39.5. The van der Waals surface area contributed by atoms with E-state index in [0.29, 0.717) is 26.1 Å². The summed E-state index contributed by atoms with van der Waals surface area (Å²) in [6, 6.07) is 16.3. The van der Waals surface area contributed by atoms with Crippen molar-refractivity contribution in [2.75, 3.05) is 13.2 Å². The second-order valence-electron chi connectivity index (χ2n) is 9.06. The van der Waals surface area contributed by atoms with E-state index in [-0.39, 0.29) is 11.7 Å². The minimum atomic E-state index is -5.08. The van der Waals surface area contributed by atoms with Gasteiger partial charge in [0.2, 0.25) is 0 Å². The molecular formula is C28H36F6N4O6. The minimum Gasteiger partial charge on any atom is -0.494 e. The lowest BCUT2D eigenvalue weighted by Crippen LogP contribution is -2.21. The van der Waals surface area contributed by atoms with E-state index in [1.54, 1.807) is 0 Å². The molecule has 0 aliphatic heterocycles. The van der Waals surface area contributed by atoms with E-state index >= 15 is 0 Å². The fourth-order valence-corrected chi connectivity index (χ4v) is 3.05. The van der Waals surface area contributed by atoms with Crippen molar-refractivity contribution in [3.05, 3.63) is 59.7 Å². The second kappa shape index (κ2) is 20.4. The van der Waals surface area contributed by atoms with Crippen LogP contribution in [-0.2, 0) is 22.4 Å². The molecule has 0 saturated heterocycles. The lowest BCUT2D eigenvalue weighted by Gasteiger charge is -2.09. The number of aryl methyl sites for hydroxylation is 2. The lowest BCUT2D eigenvalue weighted by molar-refractivity contribution is -0.193. The normalized spacial score (nSPS) is 10.8. The Morgan fingerprint density at radius 2 is 0.886 bits per heavy atom. The predicted molar refractivity (Wildman–Crippen MR) is 150 cm³/mol. The number of ether oxygens (including phenoxy) is 2. The number of aliphatic carboxylic acids is 2. The Morgan fingerprint density at radius 1 is 0.614 bits per heavy atom. The van der Waals surface area contributed by atoms with Crippen LogP contribution in [0.4, 0.5) is 26.3 Å². The third-order valence-electron chi connectivity index (χ3n) is 5.23. The SMILES string of the molecule is N=C(N)CCCc1ccc(OCCCCOc2ccc(CCCC(=N)N)cc2)cc1.O=C(O)C(F)(F)F.O=C(O)C(F)(F)F. The summed E-state index contributed by atoms with van der Waals surface area (Å²) in [5.74, 6) is -3.26. The maximum atomic E-state index is 10.6. The number of unbranched alkanes of at least 4 members (excludes halogenated alkanes) is 1. The van der Waals surface area contributed by atoms with Crippen LogP contribution in [0, 0.1) is 10.8 Å². The number of benzene rings is 2. The van der Waals surface area contributed by atoms with Crippen molar-refractivity contribution in [2.24, 2.45) is 11.5 Å². The van der Waals surface area contributed by atoms with Gasteiger partial charge in [-0.05, 0) is 73.9 Å². The number of carbonyl (C=O) groups is 2. The van der Waals surface area contributed by atoms with Gasteiger partial charge in [0.15, 0.2) is 0 Å². The fourth-order valence-electron chi connectivity index (χ4n) is 3.05. The first-order valence-corrected chi connectivity index (χ1v) is 13.1. The molecule has 10 nitrogen and oxygen atoms in total.